The number of hydrogen-bond donors (Lipinski definition) is 0. The van der Waals surface area contributed by atoms with E-state index < -0.39 is 0 Å². The van der Waals surface area contributed by atoms with E-state index in [0.29, 0.717) is 5.75 Å². The Labute approximate surface area is 190 Å². The third-order valence-corrected chi connectivity index (χ3v) is 5.78. The van der Waals surface area contributed by atoms with Crippen LogP contribution in [0.2, 0.25) is 0 Å². The predicted octanol–water partition coefficient (Wildman–Crippen LogP) is 7.12. The lowest BCUT2D eigenvalue weighted by Gasteiger charge is -2.07. The first-order valence-corrected chi connectivity index (χ1v) is 11.1. The standard InChI is InChI=1S/C26H20O3S2/c1-3-25(27)30-18-17-29-23-13-9-21(10-14-23)19-5-7-20(8-6-19)22-11-15-24(16-12-22)31-26(28)4-2/h3-18H,1-2H2. The highest BCUT2D eigenvalue weighted by atomic mass is 32.2. The molecule has 0 spiro atoms. The molecule has 0 aliphatic heterocycles. The Morgan fingerprint density at radius 1 is 0.677 bits per heavy atom. The van der Waals surface area contributed by atoms with Crippen LogP contribution in [-0.4, -0.2) is 10.2 Å². The van der Waals surface area contributed by atoms with Gasteiger partial charge in [0.1, 0.15) is 5.75 Å². The lowest BCUT2D eigenvalue weighted by atomic mass is 10.0. The van der Waals surface area contributed by atoms with Crippen LogP contribution >= 0.6 is 23.5 Å². The van der Waals surface area contributed by atoms with Gasteiger partial charge >= 0.3 is 0 Å². The average Bonchev–Trinajstić information content (AvgIpc) is 2.82. The van der Waals surface area contributed by atoms with E-state index in [4.69, 9.17) is 4.74 Å². The molecular formula is C26H20O3S2. The maximum absolute atomic E-state index is 11.4. The lowest BCUT2D eigenvalue weighted by Crippen LogP contribution is -1.85. The van der Waals surface area contributed by atoms with E-state index in [0.717, 1.165) is 38.9 Å². The predicted molar refractivity (Wildman–Crippen MR) is 131 cm³/mol. The summed E-state index contributed by atoms with van der Waals surface area (Å²) in [6.45, 7) is 6.90. The van der Waals surface area contributed by atoms with Gasteiger partial charge in [-0.2, -0.15) is 0 Å². The molecule has 0 aliphatic rings. The first kappa shape index (κ1) is 22.4. The third kappa shape index (κ3) is 6.60. The van der Waals surface area contributed by atoms with E-state index in [1.54, 1.807) is 5.41 Å². The van der Waals surface area contributed by atoms with Gasteiger partial charge in [-0.1, -0.05) is 73.5 Å². The number of rotatable bonds is 8. The van der Waals surface area contributed by atoms with Gasteiger partial charge in [0.15, 0.2) is 0 Å². The molecule has 0 N–H and O–H groups in total. The Bertz CT molecular complexity index is 1100. The molecule has 0 saturated heterocycles. The number of carbonyl (C=O) groups is 2. The highest BCUT2D eigenvalue weighted by molar-refractivity contribution is 8.16. The molecule has 3 nitrogen and oxygen atoms in total. The second-order valence-electron chi connectivity index (χ2n) is 6.28. The van der Waals surface area contributed by atoms with Crippen LogP contribution in [0.15, 0.2) is 115 Å². The molecule has 0 aliphatic carbocycles. The molecule has 0 radical (unpaired) electrons. The van der Waals surface area contributed by atoms with Crippen molar-refractivity contribution in [1.82, 2.24) is 0 Å². The molecular weight excluding hydrogens is 424 g/mol. The Hall–Kier alpha value is -3.28. The second-order valence-corrected chi connectivity index (χ2v) is 8.27. The Morgan fingerprint density at radius 2 is 1.13 bits per heavy atom. The summed E-state index contributed by atoms with van der Waals surface area (Å²) >= 11 is 2.18. The van der Waals surface area contributed by atoms with E-state index >= 15 is 0 Å². The Kier molecular flexibility index (Phi) is 8.10. The molecule has 5 heteroatoms. The van der Waals surface area contributed by atoms with Gasteiger partial charge in [0.25, 0.3) is 0 Å². The summed E-state index contributed by atoms with van der Waals surface area (Å²) in [6.07, 6.45) is 4.06. The van der Waals surface area contributed by atoms with E-state index in [1.807, 2.05) is 48.5 Å². The summed E-state index contributed by atoms with van der Waals surface area (Å²) in [4.78, 5) is 23.5. The number of thioether (sulfide) groups is 2. The maximum Gasteiger partial charge on any atom is 0.216 e. The summed E-state index contributed by atoms with van der Waals surface area (Å²) in [7, 11) is 0. The SMILES string of the molecule is C=CC(=O)SC=COc1ccc(-c2ccc(-c3ccc(SC(=O)C=C)cc3)cc2)cc1. The number of hydrogen-bond acceptors (Lipinski definition) is 5. The average molecular weight is 445 g/mol. The van der Waals surface area contributed by atoms with E-state index in [1.165, 1.54) is 30.2 Å². The van der Waals surface area contributed by atoms with Crippen LogP contribution in [0.3, 0.4) is 0 Å². The summed E-state index contributed by atoms with van der Waals surface area (Å²) in [5.74, 6) is 0.691. The Balaban J connectivity index is 1.63. The minimum absolute atomic E-state index is 0.0637. The van der Waals surface area contributed by atoms with Crippen LogP contribution in [0.1, 0.15) is 0 Å². The third-order valence-electron chi connectivity index (χ3n) is 4.26. The lowest BCUT2D eigenvalue weighted by molar-refractivity contribution is -0.107. The van der Waals surface area contributed by atoms with Gasteiger partial charge in [-0.05, 0) is 70.4 Å². The molecule has 154 valence electrons. The zero-order chi connectivity index (χ0) is 22.1. The van der Waals surface area contributed by atoms with Crippen molar-refractivity contribution < 1.29 is 14.3 Å². The number of carbonyl (C=O) groups excluding carboxylic acids is 2. The van der Waals surface area contributed by atoms with Crippen molar-refractivity contribution in [3.63, 3.8) is 0 Å². The number of benzene rings is 3. The van der Waals surface area contributed by atoms with Crippen molar-refractivity contribution >= 4 is 33.8 Å². The highest BCUT2D eigenvalue weighted by Crippen LogP contribution is 2.28. The minimum Gasteiger partial charge on any atom is -0.464 e. The fraction of sp³-hybridized carbons (Fsp3) is 0. The van der Waals surface area contributed by atoms with Crippen LogP contribution in [0.4, 0.5) is 0 Å². The summed E-state index contributed by atoms with van der Waals surface area (Å²) in [5.41, 5.74) is 4.37. The number of ether oxygens (including phenoxy) is 1. The molecule has 0 unspecified atom stereocenters. The highest BCUT2D eigenvalue weighted by Gasteiger charge is 2.04. The minimum atomic E-state index is -0.128. The molecule has 31 heavy (non-hydrogen) atoms. The molecule has 3 rings (SSSR count). The largest absolute Gasteiger partial charge is 0.464 e. The molecule has 0 saturated carbocycles. The van der Waals surface area contributed by atoms with Crippen LogP contribution in [0.25, 0.3) is 22.3 Å². The molecule has 3 aromatic rings. The molecule has 0 bridgehead atoms. The molecule has 0 heterocycles. The summed E-state index contributed by atoms with van der Waals surface area (Å²) < 4.78 is 5.49. The van der Waals surface area contributed by atoms with Crippen LogP contribution in [-0.2, 0) is 9.59 Å². The second kappa shape index (κ2) is 11.2. The van der Waals surface area contributed by atoms with Gasteiger partial charge in [0, 0.05) is 10.3 Å². The van der Waals surface area contributed by atoms with Crippen LogP contribution in [0, 0.1) is 0 Å². The van der Waals surface area contributed by atoms with Gasteiger partial charge < -0.3 is 4.74 Å². The van der Waals surface area contributed by atoms with Crippen LogP contribution < -0.4 is 4.74 Å². The Morgan fingerprint density at radius 3 is 1.61 bits per heavy atom. The van der Waals surface area contributed by atoms with Crippen molar-refractivity contribution in [3.8, 4) is 28.0 Å². The maximum atomic E-state index is 11.4. The van der Waals surface area contributed by atoms with Gasteiger partial charge in [-0.25, -0.2) is 0 Å². The van der Waals surface area contributed by atoms with Crippen molar-refractivity contribution in [2.24, 2.45) is 0 Å². The molecule has 3 aromatic carbocycles. The zero-order valence-corrected chi connectivity index (χ0v) is 18.3. The normalized spacial score (nSPS) is 10.6. The quantitative estimate of drug-likeness (QED) is 0.210. The zero-order valence-electron chi connectivity index (χ0n) is 16.7. The summed E-state index contributed by atoms with van der Waals surface area (Å²) in [6, 6.07) is 23.9. The van der Waals surface area contributed by atoms with Crippen molar-refractivity contribution in [2.75, 3.05) is 0 Å². The molecule has 0 amide bonds. The molecule has 0 atom stereocenters. The van der Waals surface area contributed by atoms with Crippen molar-refractivity contribution in [1.29, 1.82) is 0 Å². The first-order chi connectivity index (χ1) is 15.1. The van der Waals surface area contributed by atoms with Gasteiger partial charge in [0.2, 0.25) is 10.2 Å². The van der Waals surface area contributed by atoms with Gasteiger partial charge in [0.05, 0.1) is 6.26 Å². The molecule has 0 fully saturated rings. The van der Waals surface area contributed by atoms with Crippen molar-refractivity contribution in [2.45, 2.75) is 4.90 Å². The van der Waals surface area contributed by atoms with Gasteiger partial charge in [-0.3, -0.25) is 9.59 Å². The fourth-order valence-corrected chi connectivity index (χ4v) is 3.63. The fourth-order valence-electron chi connectivity index (χ4n) is 2.70. The van der Waals surface area contributed by atoms with Crippen molar-refractivity contribution in [3.05, 3.63) is 110 Å². The smallest absolute Gasteiger partial charge is 0.216 e. The van der Waals surface area contributed by atoms with Gasteiger partial charge in [-0.15, -0.1) is 0 Å². The van der Waals surface area contributed by atoms with E-state index in [-0.39, 0.29) is 10.2 Å². The topological polar surface area (TPSA) is 43.4 Å². The first-order valence-electron chi connectivity index (χ1n) is 9.39. The summed E-state index contributed by atoms with van der Waals surface area (Å²) in [5, 5.41) is 1.39. The monoisotopic (exact) mass is 444 g/mol. The molecule has 0 aromatic heterocycles. The van der Waals surface area contributed by atoms with E-state index in [9.17, 15) is 9.59 Å². The van der Waals surface area contributed by atoms with Crippen LogP contribution in [0.5, 0.6) is 5.75 Å². The van der Waals surface area contributed by atoms with E-state index in [2.05, 4.69) is 37.4 Å².